The number of hydrogen-bond donors (Lipinski definition) is 1. The van der Waals surface area contributed by atoms with Crippen molar-refractivity contribution in [1.82, 2.24) is 9.73 Å². The van der Waals surface area contributed by atoms with Crippen LogP contribution in [0.25, 0.3) is 0 Å². The Morgan fingerprint density at radius 1 is 1.00 bits per heavy atom. The molecule has 0 heterocycles. The standard InChI is InChI=1S/C22H18Cl2FN3O3S/c23-18-6-4-16(5-7-18)14-28(32(30,31)21-10-8-19(24)9-11-21)15-22(29)27-26-13-17-2-1-3-20(25)12-17/h1-13H,14-15H2,(H,27,29)/b26-13-. The Labute approximate surface area is 195 Å². The Bertz CT molecular complexity index is 1220. The lowest BCUT2D eigenvalue weighted by atomic mass is 10.2. The van der Waals surface area contributed by atoms with Crippen LogP contribution >= 0.6 is 23.2 Å². The molecule has 6 nitrogen and oxygen atoms in total. The van der Waals surface area contributed by atoms with Gasteiger partial charge in [-0.2, -0.15) is 9.41 Å². The highest BCUT2D eigenvalue weighted by molar-refractivity contribution is 7.89. The maximum absolute atomic E-state index is 13.2. The summed E-state index contributed by atoms with van der Waals surface area (Å²) in [7, 11) is -4.02. The van der Waals surface area contributed by atoms with Crippen molar-refractivity contribution in [1.29, 1.82) is 0 Å². The first-order valence-electron chi connectivity index (χ1n) is 9.32. The van der Waals surface area contributed by atoms with Crippen molar-refractivity contribution in [3.8, 4) is 0 Å². The van der Waals surface area contributed by atoms with Crippen LogP contribution < -0.4 is 5.43 Å². The van der Waals surface area contributed by atoms with Gasteiger partial charge in [-0.15, -0.1) is 0 Å². The number of sulfonamides is 1. The Hall–Kier alpha value is -2.78. The molecule has 3 aromatic rings. The summed E-state index contributed by atoms with van der Waals surface area (Å²) in [6, 6.07) is 17.9. The largest absolute Gasteiger partial charge is 0.272 e. The number of benzene rings is 3. The first-order valence-corrected chi connectivity index (χ1v) is 11.5. The van der Waals surface area contributed by atoms with Gasteiger partial charge in [0.05, 0.1) is 17.7 Å². The molecule has 0 radical (unpaired) electrons. The summed E-state index contributed by atoms with van der Waals surface area (Å²) in [6.07, 6.45) is 1.26. The van der Waals surface area contributed by atoms with Gasteiger partial charge in [0, 0.05) is 16.6 Å². The van der Waals surface area contributed by atoms with Gasteiger partial charge < -0.3 is 0 Å². The minimum absolute atomic E-state index is 0.00748. The smallest absolute Gasteiger partial charge is 0.255 e. The van der Waals surface area contributed by atoms with Gasteiger partial charge in [-0.25, -0.2) is 18.2 Å². The fourth-order valence-corrected chi connectivity index (χ4v) is 4.37. The van der Waals surface area contributed by atoms with Gasteiger partial charge in [-0.3, -0.25) is 4.79 Å². The van der Waals surface area contributed by atoms with Gasteiger partial charge in [0.1, 0.15) is 5.82 Å². The van der Waals surface area contributed by atoms with E-state index in [1.807, 2.05) is 0 Å². The van der Waals surface area contributed by atoms with Crippen LogP contribution in [0.5, 0.6) is 0 Å². The van der Waals surface area contributed by atoms with E-state index >= 15 is 0 Å². The summed E-state index contributed by atoms with van der Waals surface area (Å²) < 4.78 is 40.6. The molecule has 0 saturated carbocycles. The summed E-state index contributed by atoms with van der Waals surface area (Å²) in [5.74, 6) is -1.10. The number of rotatable bonds is 8. The first kappa shape index (κ1) is 23.9. The molecule has 0 atom stereocenters. The molecule has 32 heavy (non-hydrogen) atoms. The second kappa shape index (κ2) is 10.7. The average Bonchev–Trinajstić information content (AvgIpc) is 2.75. The molecule has 0 aromatic heterocycles. The van der Waals surface area contributed by atoms with E-state index in [2.05, 4.69) is 10.5 Å². The Kier molecular flexibility index (Phi) is 7.98. The highest BCUT2D eigenvalue weighted by Gasteiger charge is 2.27. The van der Waals surface area contributed by atoms with Crippen molar-refractivity contribution >= 4 is 45.3 Å². The van der Waals surface area contributed by atoms with Crippen LogP contribution in [0.1, 0.15) is 11.1 Å². The third-order valence-electron chi connectivity index (χ3n) is 4.30. The van der Waals surface area contributed by atoms with E-state index in [1.165, 1.54) is 48.7 Å². The Balaban J connectivity index is 1.79. The summed E-state index contributed by atoms with van der Waals surface area (Å²) >= 11 is 11.8. The van der Waals surface area contributed by atoms with Crippen molar-refractivity contribution in [3.05, 3.63) is 99.8 Å². The maximum atomic E-state index is 13.2. The Morgan fingerprint density at radius 2 is 1.62 bits per heavy atom. The van der Waals surface area contributed by atoms with Crippen LogP contribution in [-0.2, 0) is 21.4 Å². The van der Waals surface area contributed by atoms with Crippen molar-refractivity contribution in [2.24, 2.45) is 5.10 Å². The van der Waals surface area contributed by atoms with Crippen LogP contribution in [0.4, 0.5) is 4.39 Å². The van der Waals surface area contributed by atoms with E-state index in [4.69, 9.17) is 23.2 Å². The third-order valence-corrected chi connectivity index (χ3v) is 6.60. The molecule has 10 heteroatoms. The summed E-state index contributed by atoms with van der Waals surface area (Å²) in [4.78, 5) is 12.4. The number of nitrogens with zero attached hydrogens (tertiary/aromatic N) is 2. The van der Waals surface area contributed by atoms with Crippen LogP contribution in [0.3, 0.4) is 0 Å². The van der Waals surface area contributed by atoms with E-state index in [0.717, 1.165) is 4.31 Å². The van der Waals surface area contributed by atoms with Gasteiger partial charge in [-0.1, -0.05) is 47.5 Å². The minimum atomic E-state index is -4.02. The molecule has 3 aromatic carbocycles. The highest BCUT2D eigenvalue weighted by Crippen LogP contribution is 2.21. The van der Waals surface area contributed by atoms with Gasteiger partial charge in [-0.05, 0) is 59.7 Å². The van der Waals surface area contributed by atoms with Crippen LogP contribution in [0.15, 0.2) is 82.8 Å². The van der Waals surface area contributed by atoms with Crippen molar-refractivity contribution in [2.45, 2.75) is 11.4 Å². The average molecular weight is 494 g/mol. The molecule has 3 rings (SSSR count). The van der Waals surface area contributed by atoms with E-state index < -0.39 is 28.3 Å². The predicted molar refractivity (Wildman–Crippen MR) is 123 cm³/mol. The molecule has 0 aliphatic heterocycles. The quantitative estimate of drug-likeness (QED) is 0.371. The summed E-state index contributed by atoms with van der Waals surface area (Å²) in [6.45, 7) is -0.558. The lowest BCUT2D eigenvalue weighted by Gasteiger charge is -2.21. The van der Waals surface area contributed by atoms with E-state index in [1.54, 1.807) is 30.3 Å². The summed E-state index contributed by atoms with van der Waals surface area (Å²) in [5, 5.41) is 4.66. The molecule has 0 saturated heterocycles. The molecular formula is C22H18Cl2FN3O3S. The van der Waals surface area contributed by atoms with E-state index in [0.29, 0.717) is 21.2 Å². The number of halogens is 3. The van der Waals surface area contributed by atoms with Crippen molar-refractivity contribution in [2.75, 3.05) is 6.54 Å². The second-order valence-corrected chi connectivity index (χ2v) is 9.51. The number of amides is 1. The molecule has 0 unspecified atom stereocenters. The highest BCUT2D eigenvalue weighted by atomic mass is 35.5. The molecule has 0 aliphatic rings. The first-order chi connectivity index (χ1) is 15.2. The van der Waals surface area contributed by atoms with Gasteiger partial charge in [0.2, 0.25) is 10.0 Å². The van der Waals surface area contributed by atoms with Crippen LogP contribution in [0, 0.1) is 5.82 Å². The third kappa shape index (κ3) is 6.61. The van der Waals surface area contributed by atoms with E-state index in [9.17, 15) is 17.6 Å². The Morgan fingerprint density at radius 3 is 2.25 bits per heavy atom. The van der Waals surface area contributed by atoms with Crippen molar-refractivity contribution < 1.29 is 17.6 Å². The van der Waals surface area contributed by atoms with Gasteiger partial charge >= 0.3 is 0 Å². The molecule has 166 valence electrons. The fraction of sp³-hybridized carbons (Fsp3) is 0.0909. The lowest BCUT2D eigenvalue weighted by molar-refractivity contribution is -0.121. The molecule has 0 aliphatic carbocycles. The molecular weight excluding hydrogens is 476 g/mol. The van der Waals surface area contributed by atoms with Crippen LogP contribution in [0.2, 0.25) is 10.0 Å². The second-order valence-electron chi connectivity index (χ2n) is 6.70. The van der Waals surface area contributed by atoms with Gasteiger partial charge in [0.25, 0.3) is 5.91 Å². The topological polar surface area (TPSA) is 78.8 Å². The molecule has 0 bridgehead atoms. The minimum Gasteiger partial charge on any atom is -0.272 e. The zero-order valence-corrected chi connectivity index (χ0v) is 18.9. The maximum Gasteiger partial charge on any atom is 0.255 e. The monoisotopic (exact) mass is 493 g/mol. The predicted octanol–water partition coefficient (Wildman–Crippen LogP) is 4.47. The van der Waals surface area contributed by atoms with Gasteiger partial charge in [0.15, 0.2) is 0 Å². The number of nitrogens with one attached hydrogen (secondary N) is 1. The lowest BCUT2D eigenvalue weighted by Crippen LogP contribution is -2.39. The number of carbonyl (C=O) groups is 1. The SMILES string of the molecule is O=C(CN(Cc1ccc(Cl)cc1)S(=O)(=O)c1ccc(Cl)cc1)N/N=C\c1cccc(F)c1. The summed E-state index contributed by atoms with van der Waals surface area (Å²) in [5.41, 5.74) is 3.35. The number of hydrazone groups is 1. The molecule has 1 N–H and O–H groups in total. The van der Waals surface area contributed by atoms with Crippen molar-refractivity contribution in [3.63, 3.8) is 0 Å². The molecule has 0 fully saturated rings. The number of hydrogen-bond acceptors (Lipinski definition) is 4. The normalized spacial score (nSPS) is 11.8. The fourth-order valence-electron chi connectivity index (χ4n) is 2.74. The molecule has 0 spiro atoms. The van der Waals surface area contributed by atoms with Crippen LogP contribution in [-0.4, -0.2) is 31.4 Å². The number of carbonyl (C=O) groups excluding carboxylic acids is 1. The zero-order valence-electron chi connectivity index (χ0n) is 16.6. The molecule has 1 amide bonds. The van der Waals surface area contributed by atoms with E-state index in [-0.39, 0.29) is 11.4 Å². The zero-order chi connectivity index (χ0) is 23.1.